The molecule has 1 amide bonds. The molecule has 1 aliphatic heterocycles. The minimum atomic E-state index is 0.243. The summed E-state index contributed by atoms with van der Waals surface area (Å²) in [6, 6.07) is 0. The number of carbonyl (C=O) groups excluding carboxylic acids is 1. The summed E-state index contributed by atoms with van der Waals surface area (Å²) in [7, 11) is 0. The van der Waals surface area contributed by atoms with Gasteiger partial charge in [0.25, 0.3) is 0 Å². The number of rotatable bonds is 40. The molecule has 1 heterocycles. The number of carbonyl (C=O) groups is 1. The van der Waals surface area contributed by atoms with Crippen LogP contribution in [0.25, 0.3) is 0 Å². The summed E-state index contributed by atoms with van der Waals surface area (Å²) in [6.45, 7) is 7.27. The lowest BCUT2D eigenvalue weighted by atomic mass is 10.0. The molecule has 1 aliphatic rings. The highest BCUT2D eigenvalue weighted by atomic mass is 16.1. The van der Waals surface area contributed by atoms with Gasteiger partial charge in [-0.25, -0.2) is 9.89 Å². The molecule has 290 valence electrons. The Morgan fingerprint density at radius 2 is 0.837 bits per heavy atom. The molecule has 1 atom stereocenters. The van der Waals surface area contributed by atoms with E-state index in [1.54, 1.807) is 0 Å². The van der Waals surface area contributed by atoms with Crippen LogP contribution in [0.3, 0.4) is 0 Å². The summed E-state index contributed by atoms with van der Waals surface area (Å²) in [5.41, 5.74) is 0. The van der Waals surface area contributed by atoms with Crippen molar-refractivity contribution in [1.29, 1.82) is 0 Å². The summed E-state index contributed by atoms with van der Waals surface area (Å²) in [4.78, 5) is 12.3. The van der Waals surface area contributed by atoms with Crippen LogP contribution in [0, 0.1) is 0 Å². The minimum Gasteiger partial charge on any atom is -0.350 e. The third-order valence-corrected chi connectivity index (χ3v) is 11.1. The normalized spacial score (nSPS) is 14.5. The van der Waals surface area contributed by atoms with Crippen LogP contribution in [0.2, 0.25) is 0 Å². The monoisotopic (exact) mass is 689 g/mol. The average molecular weight is 689 g/mol. The van der Waals surface area contributed by atoms with Gasteiger partial charge in [-0.3, -0.25) is 4.79 Å². The fourth-order valence-electron chi connectivity index (χ4n) is 7.73. The molecule has 0 spiro atoms. The molecule has 0 aromatic carbocycles. The lowest BCUT2D eigenvalue weighted by Crippen LogP contribution is -2.37. The molecule has 1 rings (SSSR count). The molecule has 0 bridgehead atoms. The highest BCUT2D eigenvalue weighted by Crippen LogP contribution is 2.16. The zero-order chi connectivity index (χ0) is 35.1. The lowest BCUT2D eigenvalue weighted by Gasteiger charge is -2.12. The van der Waals surface area contributed by atoms with Gasteiger partial charge in [0.15, 0.2) is 12.8 Å². The predicted molar refractivity (Wildman–Crippen MR) is 218 cm³/mol. The quantitative estimate of drug-likeness (QED) is 0.0497. The van der Waals surface area contributed by atoms with Crippen molar-refractivity contribution in [2.24, 2.45) is 0 Å². The number of hydrogen-bond acceptors (Lipinski definition) is 2. The van der Waals surface area contributed by atoms with E-state index in [1.807, 2.05) is 0 Å². The van der Waals surface area contributed by atoms with Gasteiger partial charge in [0.05, 0.1) is 13.1 Å². The molecular formula is C45H90N3O+. The number of nitrogens with zero attached hydrogens (tertiary/aromatic N) is 1. The van der Waals surface area contributed by atoms with Gasteiger partial charge in [-0.2, -0.15) is 0 Å². The molecule has 4 heteroatoms. The third kappa shape index (κ3) is 32.7. The molecule has 4 nitrogen and oxygen atoms in total. The standard InChI is InChI=1S/C45H89N3O/c1-3-5-7-9-11-13-15-17-19-20-21-22-23-25-26-28-30-32-34-36-38-44-46-40-42-48(44)43-41-47-45(49)39-37-35-33-31-29-27-24-18-16-14-12-10-8-6-4-2/h42,44,46H,3-41,43H2,1-2H3/p+1. The third-order valence-electron chi connectivity index (χ3n) is 11.1. The summed E-state index contributed by atoms with van der Waals surface area (Å²) >= 11 is 0. The Bertz CT molecular complexity index is 707. The number of nitrogens with one attached hydrogen (secondary N) is 2. The van der Waals surface area contributed by atoms with Gasteiger partial charge in [0, 0.05) is 12.8 Å². The van der Waals surface area contributed by atoms with E-state index in [0.29, 0.717) is 12.6 Å². The van der Waals surface area contributed by atoms with Crippen molar-refractivity contribution in [2.45, 2.75) is 258 Å². The Morgan fingerprint density at radius 1 is 0.510 bits per heavy atom. The maximum absolute atomic E-state index is 12.3. The zero-order valence-electron chi connectivity index (χ0n) is 33.8. The first-order chi connectivity index (χ1) is 24.3. The van der Waals surface area contributed by atoms with Gasteiger partial charge >= 0.3 is 0 Å². The Balaban J connectivity index is 1.81. The van der Waals surface area contributed by atoms with Gasteiger partial charge in [-0.05, 0) is 12.8 Å². The SMILES string of the molecule is CCCCCCCCCCCCCCCCCCCCCCC1NCC=[N+]1CCNC(=O)CCCCCCCCCCCCCCCCC. The molecule has 1 unspecified atom stereocenters. The Morgan fingerprint density at radius 3 is 1.20 bits per heavy atom. The van der Waals surface area contributed by atoms with E-state index in [4.69, 9.17) is 0 Å². The van der Waals surface area contributed by atoms with Crippen LogP contribution >= 0.6 is 0 Å². The number of amides is 1. The van der Waals surface area contributed by atoms with Gasteiger partial charge in [-0.15, -0.1) is 0 Å². The van der Waals surface area contributed by atoms with Crippen molar-refractivity contribution < 1.29 is 9.37 Å². The smallest absolute Gasteiger partial charge is 0.220 e. The average Bonchev–Trinajstić information content (AvgIpc) is 3.56. The van der Waals surface area contributed by atoms with E-state index in [2.05, 4.69) is 35.3 Å². The van der Waals surface area contributed by atoms with Crippen molar-refractivity contribution >= 4 is 12.1 Å². The molecule has 0 saturated heterocycles. The molecule has 2 N–H and O–H groups in total. The number of unbranched alkanes of at least 4 members (excludes halogenated alkanes) is 33. The fourth-order valence-corrected chi connectivity index (χ4v) is 7.73. The largest absolute Gasteiger partial charge is 0.350 e. The van der Waals surface area contributed by atoms with Crippen molar-refractivity contribution in [3.63, 3.8) is 0 Å². The maximum Gasteiger partial charge on any atom is 0.220 e. The topological polar surface area (TPSA) is 44.1 Å². The van der Waals surface area contributed by atoms with Crippen LogP contribution in [-0.2, 0) is 4.79 Å². The summed E-state index contributed by atoms with van der Waals surface area (Å²) < 4.78 is 2.43. The van der Waals surface area contributed by atoms with E-state index < -0.39 is 0 Å². The van der Waals surface area contributed by atoms with Gasteiger partial charge in [0.1, 0.15) is 0 Å². The summed E-state index contributed by atoms with van der Waals surface area (Å²) in [6.07, 6.45) is 53.9. The van der Waals surface area contributed by atoms with Crippen molar-refractivity contribution in [1.82, 2.24) is 10.6 Å². The van der Waals surface area contributed by atoms with E-state index in [1.165, 1.54) is 225 Å². The zero-order valence-corrected chi connectivity index (χ0v) is 33.8. The van der Waals surface area contributed by atoms with Crippen LogP contribution in [0.5, 0.6) is 0 Å². The Kier molecular flexibility index (Phi) is 36.1. The molecule has 0 aromatic rings. The first kappa shape index (κ1) is 46.1. The van der Waals surface area contributed by atoms with Crippen molar-refractivity contribution in [2.75, 3.05) is 19.6 Å². The van der Waals surface area contributed by atoms with Crippen molar-refractivity contribution in [3.8, 4) is 0 Å². The molecule has 0 aromatic heterocycles. The molecular weight excluding hydrogens is 599 g/mol. The van der Waals surface area contributed by atoms with E-state index in [0.717, 1.165) is 26.1 Å². The molecule has 0 radical (unpaired) electrons. The van der Waals surface area contributed by atoms with E-state index in [9.17, 15) is 4.79 Å². The highest BCUT2D eigenvalue weighted by molar-refractivity contribution is 5.75. The fraction of sp³-hybridized carbons (Fsp3) is 0.956. The maximum atomic E-state index is 12.3. The van der Waals surface area contributed by atoms with Crippen molar-refractivity contribution in [3.05, 3.63) is 0 Å². The predicted octanol–water partition coefficient (Wildman–Crippen LogP) is 13.6. The second-order valence-corrected chi connectivity index (χ2v) is 15.9. The summed E-state index contributed by atoms with van der Waals surface area (Å²) in [5.74, 6) is 0.243. The molecule has 0 fully saturated rings. The van der Waals surface area contributed by atoms with E-state index >= 15 is 0 Å². The second kappa shape index (κ2) is 38.3. The van der Waals surface area contributed by atoms with Crippen LogP contribution in [0.4, 0.5) is 0 Å². The van der Waals surface area contributed by atoms with Crippen LogP contribution in [0.1, 0.15) is 251 Å². The summed E-state index contributed by atoms with van der Waals surface area (Å²) in [5, 5.41) is 6.83. The first-order valence-electron chi connectivity index (χ1n) is 22.9. The minimum absolute atomic E-state index is 0.243. The highest BCUT2D eigenvalue weighted by Gasteiger charge is 2.24. The van der Waals surface area contributed by atoms with Gasteiger partial charge in [-0.1, -0.05) is 226 Å². The van der Waals surface area contributed by atoms with Gasteiger partial charge in [0.2, 0.25) is 12.1 Å². The molecule has 0 aliphatic carbocycles. The lowest BCUT2D eigenvalue weighted by molar-refractivity contribution is -0.558. The van der Waals surface area contributed by atoms with Crippen LogP contribution in [0.15, 0.2) is 0 Å². The van der Waals surface area contributed by atoms with E-state index in [-0.39, 0.29) is 5.91 Å². The first-order valence-corrected chi connectivity index (χ1v) is 22.9. The Hall–Kier alpha value is -0.900. The van der Waals surface area contributed by atoms with Crippen LogP contribution < -0.4 is 10.6 Å². The van der Waals surface area contributed by atoms with Crippen LogP contribution in [-0.4, -0.2) is 42.5 Å². The molecule has 49 heavy (non-hydrogen) atoms. The molecule has 0 saturated carbocycles. The second-order valence-electron chi connectivity index (χ2n) is 15.9. The number of hydrogen-bond donors (Lipinski definition) is 2. The Labute approximate surface area is 308 Å². The van der Waals surface area contributed by atoms with Gasteiger partial charge < -0.3 is 5.32 Å².